The van der Waals surface area contributed by atoms with Crippen LogP contribution in [0.5, 0.6) is 0 Å². The van der Waals surface area contributed by atoms with Crippen LogP contribution in [0.1, 0.15) is 11.1 Å². The Morgan fingerprint density at radius 1 is 1.38 bits per heavy atom. The Morgan fingerprint density at radius 3 is 2.92 bits per heavy atom. The maximum Gasteiger partial charge on any atom is 0.123 e. The van der Waals surface area contributed by atoms with Crippen molar-refractivity contribution < 1.29 is 4.39 Å². The molecule has 0 saturated carbocycles. The fourth-order valence-corrected chi connectivity index (χ4v) is 1.90. The maximum absolute atomic E-state index is 12.8. The second-order valence-electron chi connectivity index (χ2n) is 3.43. The van der Waals surface area contributed by atoms with E-state index in [9.17, 15) is 4.39 Å². The number of nitrogens with one attached hydrogen (secondary N) is 1. The summed E-state index contributed by atoms with van der Waals surface area (Å²) in [5.74, 6) is -0.146. The highest BCUT2D eigenvalue weighted by Crippen LogP contribution is 2.22. The van der Waals surface area contributed by atoms with E-state index in [1.165, 1.54) is 11.6 Å². The van der Waals surface area contributed by atoms with Crippen LogP contribution in [0.15, 0.2) is 18.2 Å². The molecule has 0 fully saturated rings. The Hall–Kier alpha value is -0.890. The van der Waals surface area contributed by atoms with Gasteiger partial charge in [-0.15, -0.1) is 0 Å². The van der Waals surface area contributed by atoms with E-state index in [0.717, 1.165) is 18.4 Å². The first-order chi connectivity index (χ1) is 6.29. The lowest BCUT2D eigenvalue weighted by Gasteiger charge is -2.07. The summed E-state index contributed by atoms with van der Waals surface area (Å²) in [6.07, 6.45) is 1.86. The number of hydrogen-bond acceptors (Lipinski definition) is 1. The second kappa shape index (κ2) is 3.46. The van der Waals surface area contributed by atoms with Gasteiger partial charge in [-0.1, -0.05) is 6.07 Å². The zero-order chi connectivity index (χ0) is 9.26. The predicted molar refractivity (Wildman–Crippen MR) is 49.9 cm³/mol. The lowest BCUT2D eigenvalue weighted by atomic mass is 10.1. The van der Waals surface area contributed by atoms with E-state index < -0.39 is 0 Å². The average Bonchev–Trinajstić information content (AvgIpc) is 2.46. The minimum absolute atomic E-state index is 0.146. The van der Waals surface area contributed by atoms with Gasteiger partial charge >= 0.3 is 0 Å². The SMILES string of the molecule is [CH]CNC1Cc2ccc(F)cc2C1. The molecule has 1 aromatic carbocycles. The molecule has 0 bridgehead atoms. The minimum atomic E-state index is -0.146. The fraction of sp³-hybridized carbons (Fsp3) is 0.364. The summed E-state index contributed by atoms with van der Waals surface area (Å²) in [7, 11) is 0. The van der Waals surface area contributed by atoms with Crippen LogP contribution in [0, 0.1) is 12.7 Å². The highest BCUT2D eigenvalue weighted by molar-refractivity contribution is 5.33. The average molecular weight is 177 g/mol. The Kier molecular flexibility index (Phi) is 2.32. The molecule has 2 rings (SSSR count). The molecule has 0 aromatic heterocycles. The third-order valence-electron chi connectivity index (χ3n) is 2.51. The van der Waals surface area contributed by atoms with Crippen molar-refractivity contribution >= 4 is 0 Å². The van der Waals surface area contributed by atoms with Gasteiger partial charge in [-0.3, -0.25) is 0 Å². The van der Waals surface area contributed by atoms with Crippen LogP contribution in [-0.4, -0.2) is 12.6 Å². The highest BCUT2D eigenvalue weighted by Gasteiger charge is 2.20. The number of halogens is 1. The van der Waals surface area contributed by atoms with E-state index in [2.05, 4.69) is 5.32 Å². The standard InChI is InChI=1S/C11H12FN/c1-2-13-11-6-8-3-4-10(12)5-9(8)7-11/h1,3-5,11,13H,2,6-7H2. The van der Waals surface area contributed by atoms with Gasteiger partial charge in [0.15, 0.2) is 0 Å². The molecule has 0 aliphatic heterocycles. The van der Waals surface area contributed by atoms with Crippen LogP contribution in [0.3, 0.4) is 0 Å². The normalized spacial score (nSPS) is 20.3. The van der Waals surface area contributed by atoms with Gasteiger partial charge in [0.05, 0.1) is 0 Å². The van der Waals surface area contributed by atoms with Crippen LogP contribution in [0.2, 0.25) is 0 Å². The van der Waals surface area contributed by atoms with E-state index in [1.807, 2.05) is 6.07 Å². The van der Waals surface area contributed by atoms with E-state index in [1.54, 1.807) is 6.07 Å². The van der Waals surface area contributed by atoms with Crippen LogP contribution >= 0.6 is 0 Å². The van der Waals surface area contributed by atoms with Gasteiger partial charge in [0, 0.05) is 6.04 Å². The van der Waals surface area contributed by atoms with Crippen molar-refractivity contribution in [2.45, 2.75) is 18.9 Å². The maximum atomic E-state index is 12.8. The molecule has 1 aliphatic carbocycles. The van der Waals surface area contributed by atoms with Gasteiger partial charge in [0.2, 0.25) is 0 Å². The largest absolute Gasteiger partial charge is 0.313 e. The molecular weight excluding hydrogens is 165 g/mol. The number of hydrogen-bond donors (Lipinski definition) is 1. The molecule has 1 aromatic rings. The van der Waals surface area contributed by atoms with Crippen molar-refractivity contribution in [1.82, 2.24) is 5.32 Å². The van der Waals surface area contributed by atoms with Crippen LogP contribution in [-0.2, 0) is 12.8 Å². The summed E-state index contributed by atoms with van der Waals surface area (Å²) < 4.78 is 12.8. The van der Waals surface area contributed by atoms with E-state index >= 15 is 0 Å². The minimum Gasteiger partial charge on any atom is -0.313 e. The summed E-state index contributed by atoms with van der Waals surface area (Å²) in [5.41, 5.74) is 2.36. The molecule has 1 unspecified atom stereocenters. The topological polar surface area (TPSA) is 12.0 Å². The molecule has 0 saturated heterocycles. The monoisotopic (exact) mass is 177 g/mol. The van der Waals surface area contributed by atoms with Gasteiger partial charge in [0.25, 0.3) is 0 Å². The molecule has 13 heavy (non-hydrogen) atoms. The van der Waals surface area contributed by atoms with Gasteiger partial charge in [-0.2, -0.15) is 0 Å². The first-order valence-corrected chi connectivity index (χ1v) is 4.50. The van der Waals surface area contributed by atoms with E-state index in [4.69, 9.17) is 6.92 Å². The van der Waals surface area contributed by atoms with Gasteiger partial charge in [-0.25, -0.2) is 4.39 Å². The highest BCUT2D eigenvalue weighted by atomic mass is 19.1. The number of fused-ring (bicyclic) bond motifs is 1. The smallest absolute Gasteiger partial charge is 0.123 e. The van der Waals surface area contributed by atoms with Crippen molar-refractivity contribution in [2.24, 2.45) is 0 Å². The first-order valence-electron chi connectivity index (χ1n) is 4.50. The molecule has 0 spiro atoms. The lowest BCUT2D eigenvalue weighted by molar-refractivity contribution is 0.565. The summed E-state index contributed by atoms with van der Waals surface area (Å²) in [5, 5.41) is 3.17. The van der Waals surface area contributed by atoms with Crippen LogP contribution < -0.4 is 5.32 Å². The van der Waals surface area contributed by atoms with Gasteiger partial charge in [0.1, 0.15) is 5.82 Å². The van der Waals surface area contributed by atoms with Crippen molar-refractivity contribution in [3.63, 3.8) is 0 Å². The van der Waals surface area contributed by atoms with Crippen LogP contribution in [0.25, 0.3) is 0 Å². The van der Waals surface area contributed by atoms with Crippen molar-refractivity contribution in [3.05, 3.63) is 42.1 Å². The van der Waals surface area contributed by atoms with Crippen molar-refractivity contribution in [2.75, 3.05) is 6.54 Å². The molecule has 0 heterocycles. The van der Waals surface area contributed by atoms with E-state index in [-0.39, 0.29) is 5.82 Å². The summed E-state index contributed by atoms with van der Waals surface area (Å²) in [6.45, 7) is 5.88. The molecule has 1 nitrogen and oxygen atoms in total. The lowest BCUT2D eigenvalue weighted by Crippen LogP contribution is -2.29. The van der Waals surface area contributed by atoms with Gasteiger partial charge in [-0.05, 0) is 49.6 Å². The Bertz CT molecular complexity index is 309. The third kappa shape index (κ3) is 1.73. The molecule has 1 atom stereocenters. The van der Waals surface area contributed by atoms with Crippen molar-refractivity contribution in [1.29, 1.82) is 0 Å². The zero-order valence-electron chi connectivity index (χ0n) is 7.39. The number of benzene rings is 1. The molecule has 68 valence electrons. The number of rotatable bonds is 2. The van der Waals surface area contributed by atoms with E-state index in [0.29, 0.717) is 12.6 Å². The summed E-state index contributed by atoms with van der Waals surface area (Å²) >= 11 is 0. The summed E-state index contributed by atoms with van der Waals surface area (Å²) in [6, 6.07) is 5.39. The summed E-state index contributed by atoms with van der Waals surface area (Å²) in [4.78, 5) is 0. The van der Waals surface area contributed by atoms with Crippen LogP contribution in [0.4, 0.5) is 4.39 Å². The fourth-order valence-electron chi connectivity index (χ4n) is 1.90. The Morgan fingerprint density at radius 2 is 2.15 bits per heavy atom. The molecule has 1 N–H and O–H groups in total. The van der Waals surface area contributed by atoms with Gasteiger partial charge < -0.3 is 5.32 Å². The quantitative estimate of drug-likeness (QED) is 0.723. The third-order valence-corrected chi connectivity index (χ3v) is 2.51. The molecular formula is C11H12FN. The Balaban J connectivity index is 2.16. The molecule has 1 aliphatic rings. The van der Waals surface area contributed by atoms with Crippen molar-refractivity contribution in [3.8, 4) is 0 Å². The predicted octanol–water partition coefficient (Wildman–Crippen LogP) is 1.59. The second-order valence-corrected chi connectivity index (χ2v) is 3.43. The molecule has 2 radical (unpaired) electrons. The first kappa shape index (κ1) is 8.70. The molecule has 2 heteroatoms. The molecule has 0 amide bonds. The zero-order valence-corrected chi connectivity index (χ0v) is 7.39. The Labute approximate surface area is 78.0 Å².